The molecule has 0 spiro atoms. The Kier molecular flexibility index (Phi) is 4.10. The van der Waals surface area contributed by atoms with Gasteiger partial charge in [-0.1, -0.05) is 0 Å². The number of halogens is 2. The molecule has 16 heavy (non-hydrogen) atoms. The molecule has 1 aliphatic heterocycles. The van der Waals surface area contributed by atoms with Crippen molar-refractivity contribution >= 4 is 6.09 Å². The van der Waals surface area contributed by atoms with Crippen molar-refractivity contribution in [1.29, 1.82) is 0 Å². The topological polar surface area (TPSA) is 29.5 Å². The Labute approximate surface area is 94.7 Å². The molecule has 3 nitrogen and oxygen atoms in total. The number of alkyl halides is 2. The fourth-order valence-electron chi connectivity index (χ4n) is 1.76. The van der Waals surface area contributed by atoms with Crippen molar-refractivity contribution in [3.05, 3.63) is 0 Å². The summed E-state index contributed by atoms with van der Waals surface area (Å²) >= 11 is 0. The van der Waals surface area contributed by atoms with Crippen LogP contribution in [0.25, 0.3) is 0 Å². The average molecular weight is 235 g/mol. The van der Waals surface area contributed by atoms with Crippen molar-refractivity contribution < 1.29 is 18.3 Å². The highest BCUT2D eigenvalue weighted by Gasteiger charge is 2.36. The minimum Gasteiger partial charge on any atom is -0.444 e. The van der Waals surface area contributed by atoms with Crippen LogP contribution in [0.3, 0.4) is 0 Å². The number of hydrogen-bond donors (Lipinski definition) is 0. The molecule has 1 saturated heterocycles. The minimum absolute atomic E-state index is 0.250. The number of carbonyl (C=O) groups excluding carboxylic acids is 1. The van der Waals surface area contributed by atoms with Gasteiger partial charge >= 0.3 is 6.09 Å². The predicted octanol–water partition coefficient (Wildman–Crippen LogP) is 2.41. The highest BCUT2D eigenvalue weighted by Crippen LogP contribution is 2.25. The molecule has 0 aromatic carbocycles. The average Bonchev–Trinajstić information content (AvgIpc) is 2.57. The smallest absolute Gasteiger partial charge is 0.410 e. The van der Waals surface area contributed by atoms with E-state index in [1.165, 1.54) is 4.90 Å². The van der Waals surface area contributed by atoms with Crippen molar-refractivity contribution in [2.24, 2.45) is 11.8 Å². The molecule has 0 N–H and O–H groups in total. The molecule has 1 aliphatic rings. The summed E-state index contributed by atoms with van der Waals surface area (Å²) in [4.78, 5) is 13.0. The number of ether oxygens (including phenoxy) is 1. The molecular weight excluding hydrogens is 216 g/mol. The second-order valence-electron chi connectivity index (χ2n) is 5.21. The molecule has 5 heteroatoms. The van der Waals surface area contributed by atoms with Crippen LogP contribution in [0, 0.1) is 11.8 Å². The van der Waals surface area contributed by atoms with Crippen molar-refractivity contribution in [2.75, 3.05) is 26.4 Å². The lowest BCUT2D eigenvalue weighted by Crippen LogP contribution is -2.35. The maximum Gasteiger partial charge on any atom is 0.410 e. The molecule has 0 saturated carbocycles. The predicted molar refractivity (Wildman–Crippen MR) is 56.7 cm³/mol. The van der Waals surface area contributed by atoms with Crippen LogP contribution in [-0.4, -0.2) is 43.0 Å². The van der Waals surface area contributed by atoms with Crippen LogP contribution < -0.4 is 0 Å². The summed E-state index contributed by atoms with van der Waals surface area (Å²) in [5.41, 5.74) is -0.573. The summed E-state index contributed by atoms with van der Waals surface area (Å²) in [6, 6.07) is 0. The number of nitrogens with zero attached hydrogens (tertiary/aromatic N) is 1. The van der Waals surface area contributed by atoms with Gasteiger partial charge in [-0.25, -0.2) is 4.79 Å². The van der Waals surface area contributed by atoms with Crippen molar-refractivity contribution in [3.63, 3.8) is 0 Å². The highest BCUT2D eigenvalue weighted by atomic mass is 19.1. The monoisotopic (exact) mass is 235 g/mol. The van der Waals surface area contributed by atoms with Crippen LogP contribution in [0.1, 0.15) is 20.8 Å². The first kappa shape index (κ1) is 13.2. The molecule has 0 bridgehead atoms. The zero-order valence-corrected chi connectivity index (χ0v) is 10.0. The number of likely N-dealkylation sites (tertiary alicyclic amines) is 1. The van der Waals surface area contributed by atoms with Crippen molar-refractivity contribution in [2.45, 2.75) is 26.4 Å². The third kappa shape index (κ3) is 3.32. The summed E-state index contributed by atoms with van der Waals surface area (Å²) in [5.74, 6) is -0.782. The van der Waals surface area contributed by atoms with Crippen LogP contribution in [0.15, 0.2) is 0 Å². The normalized spacial score (nSPS) is 25.9. The Morgan fingerprint density at radius 3 is 2.00 bits per heavy atom. The van der Waals surface area contributed by atoms with E-state index >= 15 is 0 Å². The summed E-state index contributed by atoms with van der Waals surface area (Å²) in [5, 5.41) is 0. The first-order chi connectivity index (χ1) is 7.37. The molecule has 0 aromatic heterocycles. The van der Waals surface area contributed by atoms with Gasteiger partial charge in [-0.05, 0) is 20.8 Å². The molecule has 0 aromatic rings. The highest BCUT2D eigenvalue weighted by molar-refractivity contribution is 5.68. The van der Waals surface area contributed by atoms with E-state index in [0.717, 1.165) is 0 Å². The molecule has 0 aliphatic carbocycles. The first-order valence-electron chi connectivity index (χ1n) is 5.47. The molecular formula is C11H19F2NO2. The Bertz CT molecular complexity index is 241. The van der Waals surface area contributed by atoms with Gasteiger partial charge in [0.1, 0.15) is 5.60 Å². The van der Waals surface area contributed by atoms with Gasteiger partial charge in [-0.3, -0.25) is 8.78 Å². The van der Waals surface area contributed by atoms with Crippen molar-refractivity contribution in [1.82, 2.24) is 4.90 Å². The van der Waals surface area contributed by atoms with E-state index in [2.05, 4.69) is 0 Å². The number of rotatable bonds is 2. The van der Waals surface area contributed by atoms with Crippen molar-refractivity contribution in [3.8, 4) is 0 Å². The zero-order chi connectivity index (χ0) is 12.3. The van der Waals surface area contributed by atoms with Gasteiger partial charge in [0, 0.05) is 24.9 Å². The Morgan fingerprint density at radius 2 is 1.69 bits per heavy atom. The van der Waals surface area contributed by atoms with Crippen LogP contribution in [0.4, 0.5) is 13.6 Å². The van der Waals surface area contributed by atoms with Crippen LogP contribution in [0.5, 0.6) is 0 Å². The summed E-state index contributed by atoms with van der Waals surface area (Å²) < 4.78 is 30.3. The lowest BCUT2D eigenvalue weighted by molar-refractivity contribution is 0.0282. The number of carbonyl (C=O) groups is 1. The second-order valence-corrected chi connectivity index (χ2v) is 5.21. The van der Waals surface area contributed by atoms with E-state index in [1.54, 1.807) is 20.8 Å². The summed E-state index contributed by atoms with van der Waals surface area (Å²) in [6.07, 6.45) is -0.484. The summed E-state index contributed by atoms with van der Waals surface area (Å²) in [7, 11) is 0. The standard InChI is InChI=1S/C11H19F2NO2/c1-11(2,3)16-10(15)14-6-8(4-12)9(5-13)7-14/h8-9H,4-7H2,1-3H3. The van der Waals surface area contributed by atoms with Gasteiger partial charge in [-0.2, -0.15) is 0 Å². The van der Waals surface area contributed by atoms with Gasteiger partial charge in [0.25, 0.3) is 0 Å². The lowest BCUT2D eigenvalue weighted by Gasteiger charge is -2.24. The molecule has 0 radical (unpaired) electrons. The molecule has 94 valence electrons. The fraction of sp³-hybridized carbons (Fsp3) is 0.909. The quantitative estimate of drug-likeness (QED) is 0.735. The molecule has 2 unspecified atom stereocenters. The zero-order valence-electron chi connectivity index (χ0n) is 10.0. The molecule has 1 amide bonds. The Hall–Kier alpha value is -0.870. The van der Waals surface area contributed by atoms with E-state index in [1.807, 2.05) is 0 Å². The van der Waals surface area contributed by atoms with E-state index in [0.29, 0.717) is 0 Å². The van der Waals surface area contributed by atoms with Gasteiger partial charge in [0.05, 0.1) is 13.3 Å². The van der Waals surface area contributed by atoms with E-state index in [9.17, 15) is 13.6 Å². The van der Waals surface area contributed by atoms with E-state index in [-0.39, 0.29) is 13.1 Å². The van der Waals surface area contributed by atoms with Crippen LogP contribution >= 0.6 is 0 Å². The molecule has 1 heterocycles. The second kappa shape index (κ2) is 4.97. The van der Waals surface area contributed by atoms with E-state index < -0.39 is 36.9 Å². The number of amides is 1. The maximum atomic E-state index is 12.6. The van der Waals surface area contributed by atoms with Crippen LogP contribution in [-0.2, 0) is 4.74 Å². The maximum absolute atomic E-state index is 12.6. The summed E-state index contributed by atoms with van der Waals surface area (Å²) in [6.45, 7) is 4.61. The van der Waals surface area contributed by atoms with Crippen LogP contribution in [0.2, 0.25) is 0 Å². The molecule has 1 fully saturated rings. The minimum atomic E-state index is -0.589. The largest absolute Gasteiger partial charge is 0.444 e. The van der Waals surface area contributed by atoms with Gasteiger partial charge < -0.3 is 9.64 Å². The third-order valence-corrected chi connectivity index (χ3v) is 2.62. The molecule has 2 atom stereocenters. The molecule has 1 rings (SSSR count). The third-order valence-electron chi connectivity index (χ3n) is 2.62. The Balaban J connectivity index is 2.54. The fourth-order valence-corrected chi connectivity index (χ4v) is 1.76. The Morgan fingerprint density at radius 1 is 1.25 bits per heavy atom. The van der Waals surface area contributed by atoms with Gasteiger partial charge in [0.2, 0.25) is 0 Å². The lowest BCUT2D eigenvalue weighted by atomic mass is 9.99. The SMILES string of the molecule is CC(C)(C)OC(=O)N1CC(CF)C(CF)C1. The van der Waals surface area contributed by atoms with Gasteiger partial charge in [0.15, 0.2) is 0 Å². The first-order valence-corrected chi connectivity index (χ1v) is 5.47. The van der Waals surface area contributed by atoms with E-state index in [4.69, 9.17) is 4.74 Å². The number of hydrogen-bond acceptors (Lipinski definition) is 2. The van der Waals surface area contributed by atoms with Gasteiger partial charge in [-0.15, -0.1) is 0 Å².